The Hall–Kier alpha value is -1.06. The van der Waals surface area contributed by atoms with Gasteiger partial charge in [-0.3, -0.25) is 0 Å². The third kappa shape index (κ3) is 4.71. The van der Waals surface area contributed by atoms with E-state index in [0.29, 0.717) is 5.56 Å². The van der Waals surface area contributed by atoms with E-state index in [4.69, 9.17) is 4.74 Å². The SMILES string of the molecule is OCC(CO)(CO)COCC(CO)(CO)C(O)c1ccccc1. The Balaban J connectivity index is 2.81. The molecule has 0 bridgehead atoms. The minimum Gasteiger partial charge on any atom is -0.396 e. The summed E-state index contributed by atoms with van der Waals surface area (Å²) in [5.74, 6) is 0. The van der Waals surface area contributed by atoms with Gasteiger partial charge in [0.1, 0.15) is 0 Å². The van der Waals surface area contributed by atoms with Gasteiger partial charge in [-0.1, -0.05) is 30.3 Å². The van der Waals surface area contributed by atoms with Crippen LogP contribution in [0.1, 0.15) is 11.7 Å². The number of aliphatic hydroxyl groups excluding tert-OH is 6. The number of benzene rings is 1. The molecule has 0 aliphatic heterocycles. The van der Waals surface area contributed by atoms with E-state index in [0.717, 1.165) is 0 Å². The van der Waals surface area contributed by atoms with Crippen LogP contribution in [0.5, 0.6) is 0 Å². The molecular weight excluding hydrogens is 304 g/mol. The monoisotopic (exact) mass is 330 g/mol. The first kappa shape index (κ1) is 20.0. The molecule has 0 heterocycles. The molecule has 0 spiro atoms. The second-order valence-electron chi connectivity index (χ2n) is 5.96. The Morgan fingerprint density at radius 1 is 0.783 bits per heavy atom. The highest BCUT2D eigenvalue weighted by Gasteiger charge is 2.39. The lowest BCUT2D eigenvalue weighted by atomic mass is 9.80. The van der Waals surface area contributed by atoms with Crippen molar-refractivity contribution in [3.8, 4) is 0 Å². The number of hydrogen-bond acceptors (Lipinski definition) is 7. The Labute approximate surface area is 135 Å². The predicted molar refractivity (Wildman–Crippen MR) is 82.5 cm³/mol. The number of hydrogen-bond donors (Lipinski definition) is 6. The second kappa shape index (κ2) is 9.29. The highest BCUT2D eigenvalue weighted by Crippen LogP contribution is 2.34. The molecule has 1 unspecified atom stereocenters. The maximum atomic E-state index is 10.5. The van der Waals surface area contributed by atoms with Crippen molar-refractivity contribution in [2.75, 3.05) is 46.2 Å². The lowest BCUT2D eigenvalue weighted by molar-refractivity contribution is -0.128. The van der Waals surface area contributed by atoms with E-state index in [1.807, 2.05) is 0 Å². The molecule has 0 aliphatic carbocycles. The van der Waals surface area contributed by atoms with Crippen molar-refractivity contribution in [1.82, 2.24) is 0 Å². The lowest BCUT2D eigenvalue weighted by Gasteiger charge is -2.36. The van der Waals surface area contributed by atoms with Gasteiger partial charge in [0.2, 0.25) is 0 Å². The van der Waals surface area contributed by atoms with Gasteiger partial charge in [0.15, 0.2) is 0 Å². The molecule has 1 aromatic rings. The van der Waals surface area contributed by atoms with Gasteiger partial charge in [0, 0.05) is 0 Å². The topological polar surface area (TPSA) is 131 Å². The van der Waals surface area contributed by atoms with Crippen molar-refractivity contribution in [1.29, 1.82) is 0 Å². The van der Waals surface area contributed by atoms with Crippen molar-refractivity contribution < 1.29 is 35.4 Å². The molecule has 7 nitrogen and oxygen atoms in total. The lowest BCUT2D eigenvalue weighted by Crippen LogP contribution is -2.44. The van der Waals surface area contributed by atoms with Crippen molar-refractivity contribution in [2.24, 2.45) is 10.8 Å². The standard InChI is InChI=1S/C16H26O7/c17-6-15(7-18,8-19)11-23-12-16(9-20,10-21)14(22)13-4-2-1-3-5-13/h1-5,14,17-22H,6-12H2. The Bertz CT molecular complexity index is 421. The molecule has 0 saturated carbocycles. The minimum atomic E-state index is -1.34. The fourth-order valence-electron chi connectivity index (χ4n) is 2.14. The van der Waals surface area contributed by atoms with Crippen LogP contribution < -0.4 is 0 Å². The largest absolute Gasteiger partial charge is 0.396 e. The number of rotatable bonds is 11. The molecule has 6 N–H and O–H groups in total. The summed E-state index contributed by atoms with van der Waals surface area (Å²) < 4.78 is 5.40. The molecule has 0 fully saturated rings. The Morgan fingerprint density at radius 2 is 1.30 bits per heavy atom. The maximum Gasteiger partial charge on any atom is 0.0912 e. The van der Waals surface area contributed by atoms with E-state index < -0.39 is 50.0 Å². The summed E-state index contributed by atoms with van der Waals surface area (Å²) in [7, 11) is 0. The first-order chi connectivity index (χ1) is 11.0. The van der Waals surface area contributed by atoms with Crippen LogP contribution in [0.2, 0.25) is 0 Å². The molecule has 1 aromatic carbocycles. The summed E-state index contributed by atoms with van der Waals surface area (Å²) in [5, 5.41) is 57.6. The molecule has 0 radical (unpaired) electrons. The normalized spacial score (nSPS) is 14.0. The summed E-state index contributed by atoms with van der Waals surface area (Å²) >= 11 is 0. The van der Waals surface area contributed by atoms with Crippen molar-refractivity contribution in [3.63, 3.8) is 0 Å². The minimum absolute atomic E-state index is 0.181. The van der Waals surface area contributed by atoms with Crippen LogP contribution in [-0.2, 0) is 4.74 Å². The first-order valence-electron chi connectivity index (χ1n) is 7.38. The van der Waals surface area contributed by atoms with Crippen molar-refractivity contribution in [2.45, 2.75) is 6.10 Å². The first-order valence-corrected chi connectivity index (χ1v) is 7.38. The molecule has 0 saturated heterocycles. The van der Waals surface area contributed by atoms with E-state index in [1.54, 1.807) is 30.3 Å². The molecule has 132 valence electrons. The molecule has 0 aliphatic rings. The van der Waals surface area contributed by atoms with Crippen LogP contribution >= 0.6 is 0 Å². The zero-order valence-corrected chi connectivity index (χ0v) is 13.0. The van der Waals surface area contributed by atoms with Gasteiger partial charge in [-0.25, -0.2) is 0 Å². The van der Waals surface area contributed by atoms with Gasteiger partial charge in [0.05, 0.1) is 63.2 Å². The van der Waals surface area contributed by atoms with Gasteiger partial charge >= 0.3 is 0 Å². The van der Waals surface area contributed by atoms with Crippen LogP contribution in [-0.4, -0.2) is 76.9 Å². The fraction of sp³-hybridized carbons (Fsp3) is 0.625. The van der Waals surface area contributed by atoms with Gasteiger partial charge < -0.3 is 35.4 Å². The van der Waals surface area contributed by atoms with Gasteiger partial charge in [-0.2, -0.15) is 0 Å². The molecule has 1 atom stereocenters. The van der Waals surface area contributed by atoms with E-state index in [9.17, 15) is 30.6 Å². The molecule has 23 heavy (non-hydrogen) atoms. The molecular formula is C16H26O7. The van der Waals surface area contributed by atoms with Crippen LogP contribution in [0.4, 0.5) is 0 Å². The van der Waals surface area contributed by atoms with E-state index in [1.165, 1.54) is 0 Å². The Kier molecular flexibility index (Phi) is 8.07. The van der Waals surface area contributed by atoms with E-state index in [2.05, 4.69) is 0 Å². The summed E-state index contributed by atoms with van der Waals surface area (Å²) in [5.41, 5.74) is -2.03. The van der Waals surface area contributed by atoms with Gasteiger partial charge in [-0.05, 0) is 5.56 Å². The third-order valence-electron chi connectivity index (χ3n) is 4.13. The third-order valence-corrected chi connectivity index (χ3v) is 4.13. The average molecular weight is 330 g/mol. The highest BCUT2D eigenvalue weighted by atomic mass is 16.5. The van der Waals surface area contributed by atoms with E-state index >= 15 is 0 Å². The average Bonchev–Trinajstić information content (AvgIpc) is 2.63. The van der Waals surface area contributed by atoms with E-state index in [-0.39, 0.29) is 13.2 Å². The highest BCUT2D eigenvalue weighted by molar-refractivity contribution is 5.20. The summed E-state index contributed by atoms with van der Waals surface area (Å²) in [6.45, 7) is -2.88. The van der Waals surface area contributed by atoms with Gasteiger partial charge in [-0.15, -0.1) is 0 Å². The number of ether oxygens (including phenoxy) is 1. The maximum absolute atomic E-state index is 10.5. The second-order valence-corrected chi connectivity index (χ2v) is 5.96. The number of aliphatic hydroxyl groups is 6. The zero-order chi connectivity index (χ0) is 17.3. The van der Waals surface area contributed by atoms with Crippen LogP contribution in [0.3, 0.4) is 0 Å². The van der Waals surface area contributed by atoms with Gasteiger partial charge in [0.25, 0.3) is 0 Å². The molecule has 0 aromatic heterocycles. The summed E-state index contributed by atoms with van der Waals surface area (Å²) in [6, 6.07) is 8.58. The van der Waals surface area contributed by atoms with Crippen LogP contribution in [0, 0.1) is 10.8 Å². The summed E-state index contributed by atoms with van der Waals surface area (Å²) in [6.07, 6.45) is -1.16. The Morgan fingerprint density at radius 3 is 1.74 bits per heavy atom. The quantitative estimate of drug-likeness (QED) is 0.296. The molecule has 7 heteroatoms. The smallest absolute Gasteiger partial charge is 0.0912 e. The molecule has 0 amide bonds. The predicted octanol–water partition coefficient (Wildman–Crippen LogP) is -1.33. The zero-order valence-electron chi connectivity index (χ0n) is 13.0. The van der Waals surface area contributed by atoms with Crippen molar-refractivity contribution in [3.05, 3.63) is 35.9 Å². The molecule has 1 rings (SSSR count). The fourth-order valence-corrected chi connectivity index (χ4v) is 2.14. The van der Waals surface area contributed by atoms with Crippen LogP contribution in [0.25, 0.3) is 0 Å². The van der Waals surface area contributed by atoms with Crippen molar-refractivity contribution >= 4 is 0 Å². The summed E-state index contributed by atoms with van der Waals surface area (Å²) in [4.78, 5) is 0. The van der Waals surface area contributed by atoms with Crippen LogP contribution in [0.15, 0.2) is 30.3 Å².